The molecular weight excluding hydrogens is 311 g/mol. The second-order valence-electron chi connectivity index (χ2n) is 6.26. The van der Waals surface area contributed by atoms with Crippen molar-refractivity contribution in [3.8, 4) is 0 Å². The van der Waals surface area contributed by atoms with Gasteiger partial charge in [0, 0.05) is 10.6 Å². The number of benzene rings is 3. The average molecular weight is 336 g/mol. The van der Waals surface area contributed by atoms with E-state index in [1.165, 1.54) is 16.7 Å². The number of hydrogen-bond donors (Lipinski definition) is 0. The molecule has 0 saturated carbocycles. The van der Waals surface area contributed by atoms with Gasteiger partial charge in [0.15, 0.2) is 0 Å². The van der Waals surface area contributed by atoms with E-state index in [4.69, 9.17) is 0 Å². The Labute approximate surface area is 145 Å². The fourth-order valence-corrected chi connectivity index (χ4v) is 4.56. The molecule has 0 aliphatic carbocycles. The summed E-state index contributed by atoms with van der Waals surface area (Å²) in [5.41, 5.74) is 4.06. The van der Waals surface area contributed by atoms with E-state index in [0.717, 1.165) is 10.6 Å². The molecule has 0 N–H and O–H groups in total. The van der Waals surface area contributed by atoms with Crippen molar-refractivity contribution in [2.24, 2.45) is 0 Å². The molecule has 0 saturated heterocycles. The molecule has 0 aliphatic heterocycles. The lowest BCUT2D eigenvalue weighted by Crippen LogP contribution is -2.14. The topological polar surface area (TPSA) is 17.1 Å². The van der Waals surface area contributed by atoms with Gasteiger partial charge in [-0.25, -0.2) is 0 Å². The van der Waals surface area contributed by atoms with Crippen molar-refractivity contribution in [3.63, 3.8) is 0 Å². The van der Waals surface area contributed by atoms with Crippen LogP contribution in [0.15, 0.2) is 78.9 Å². The predicted molar refractivity (Wildman–Crippen MR) is 106 cm³/mol. The highest BCUT2D eigenvalue weighted by atomic mass is 31.2. The summed E-state index contributed by atoms with van der Waals surface area (Å²) < 4.78 is 12.6. The fourth-order valence-electron chi connectivity index (χ4n) is 2.78. The van der Waals surface area contributed by atoms with Crippen molar-refractivity contribution in [2.75, 3.05) is 6.66 Å². The van der Waals surface area contributed by atoms with E-state index in [9.17, 15) is 4.57 Å². The van der Waals surface area contributed by atoms with E-state index in [2.05, 4.69) is 39.0 Å². The molecule has 0 heterocycles. The van der Waals surface area contributed by atoms with Crippen LogP contribution in [0.1, 0.15) is 16.7 Å². The molecule has 3 rings (SSSR count). The van der Waals surface area contributed by atoms with Gasteiger partial charge in [-0.1, -0.05) is 95.6 Å². The van der Waals surface area contributed by atoms with E-state index in [1.807, 2.05) is 67.3 Å². The van der Waals surface area contributed by atoms with Crippen LogP contribution < -0.4 is 10.6 Å². The first kappa shape index (κ1) is 18.2. The number of hydrogen-bond acceptors (Lipinski definition) is 1. The zero-order valence-corrected chi connectivity index (χ0v) is 15.8. The second-order valence-corrected chi connectivity index (χ2v) is 9.14. The van der Waals surface area contributed by atoms with Crippen LogP contribution >= 0.6 is 7.14 Å². The lowest BCUT2D eigenvalue weighted by molar-refractivity contribution is 0.590. The molecule has 0 aliphatic rings. The van der Waals surface area contributed by atoms with Crippen LogP contribution in [0.3, 0.4) is 0 Å². The van der Waals surface area contributed by atoms with Gasteiger partial charge in [0.05, 0.1) is 0 Å². The Morgan fingerprint density at radius 3 is 1.17 bits per heavy atom. The van der Waals surface area contributed by atoms with Crippen LogP contribution in [-0.4, -0.2) is 6.66 Å². The van der Waals surface area contributed by atoms with Gasteiger partial charge in [0.1, 0.15) is 7.14 Å². The molecule has 3 aromatic carbocycles. The smallest absolute Gasteiger partial charge is 0.140 e. The van der Waals surface area contributed by atoms with Crippen LogP contribution in [0.25, 0.3) is 0 Å². The largest absolute Gasteiger partial charge is 0.314 e. The molecule has 3 aromatic rings. The average Bonchev–Trinajstić information content (AvgIpc) is 2.56. The molecule has 0 radical (unpaired) electrons. The Balaban J connectivity index is 0.000000198. The third kappa shape index (κ3) is 4.94. The molecule has 124 valence electrons. The van der Waals surface area contributed by atoms with Crippen LogP contribution in [-0.2, 0) is 4.57 Å². The molecule has 2 heteroatoms. The molecule has 0 aromatic heterocycles. The van der Waals surface area contributed by atoms with Gasteiger partial charge in [-0.2, -0.15) is 0 Å². The Morgan fingerprint density at radius 2 is 0.875 bits per heavy atom. The lowest BCUT2D eigenvalue weighted by atomic mass is 10.1. The molecule has 0 amide bonds. The quantitative estimate of drug-likeness (QED) is 0.585. The first-order valence-electron chi connectivity index (χ1n) is 8.13. The van der Waals surface area contributed by atoms with Crippen LogP contribution in [0.4, 0.5) is 0 Å². The van der Waals surface area contributed by atoms with Crippen molar-refractivity contribution >= 4 is 17.8 Å². The maximum absolute atomic E-state index is 12.6. The first-order chi connectivity index (χ1) is 11.4. The molecule has 0 unspecified atom stereocenters. The van der Waals surface area contributed by atoms with Crippen molar-refractivity contribution in [3.05, 3.63) is 95.6 Å². The minimum Gasteiger partial charge on any atom is -0.314 e. The highest BCUT2D eigenvalue weighted by Gasteiger charge is 2.19. The first-order valence-corrected chi connectivity index (χ1v) is 10.3. The predicted octanol–water partition coefficient (Wildman–Crippen LogP) is 5.24. The van der Waals surface area contributed by atoms with Crippen LogP contribution in [0.5, 0.6) is 0 Å². The molecule has 0 fully saturated rings. The molecule has 0 atom stereocenters. The van der Waals surface area contributed by atoms with Crippen molar-refractivity contribution in [1.82, 2.24) is 0 Å². The third-order valence-electron chi connectivity index (χ3n) is 3.86. The molecule has 0 spiro atoms. The molecule has 24 heavy (non-hydrogen) atoms. The van der Waals surface area contributed by atoms with Crippen LogP contribution in [0, 0.1) is 20.8 Å². The summed E-state index contributed by atoms with van der Waals surface area (Å²) in [6.45, 7) is 8.19. The standard InChI is InChI=1S/C13H13OP.C9H12/c1-15(14,12-8-4-2-5-9-12)13-10-6-3-7-11-13;1-7-4-8(2)6-9(3)5-7/h2-11H,1H3;4-6H,1-3H3. The Bertz CT molecular complexity index is 729. The van der Waals surface area contributed by atoms with E-state index in [-0.39, 0.29) is 0 Å². The third-order valence-corrected chi connectivity index (χ3v) is 6.43. The molecule has 1 nitrogen and oxygen atoms in total. The Morgan fingerprint density at radius 1 is 0.583 bits per heavy atom. The summed E-state index contributed by atoms with van der Waals surface area (Å²) in [4.78, 5) is 0. The minimum atomic E-state index is -2.40. The maximum atomic E-state index is 12.6. The lowest BCUT2D eigenvalue weighted by Gasteiger charge is -2.13. The summed E-state index contributed by atoms with van der Waals surface area (Å²) in [6, 6.07) is 25.8. The van der Waals surface area contributed by atoms with Crippen molar-refractivity contribution in [2.45, 2.75) is 20.8 Å². The zero-order chi connectivity index (χ0) is 17.6. The summed E-state index contributed by atoms with van der Waals surface area (Å²) in [7, 11) is -2.40. The second kappa shape index (κ2) is 8.13. The Hall–Kier alpha value is -2.11. The monoisotopic (exact) mass is 336 g/mol. The summed E-state index contributed by atoms with van der Waals surface area (Å²) in [6.07, 6.45) is 0. The highest BCUT2D eigenvalue weighted by Crippen LogP contribution is 2.38. The number of rotatable bonds is 2. The van der Waals surface area contributed by atoms with Crippen molar-refractivity contribution in [1.29, 1.82) is 0 Å². The van der Waals surface area contributed by atoms with Gasteiger partial charge in [-0.15, -0.1) is 0 Å². The van der Waals surface area contributed by atoms with E-state index < -0.39 is 7.14 Å². The van der Waals surface area contributed by atoms with Crippen LogP contribution in [0.2, 0.25) is 0 Å². The van der Waals surface area contributed by atoms with E-state index >= 15 is 0 Å². The minimum absolute atomic E-state index is 0.913. The zero-order valence-electron chi connectivity index (χ0n) is 14.9. The maximum Gasteiger partial charge on any atom is 0.140 e. The van der Waals surface area contributed by atoms with Gasteiger partial charge in [0.2, 0.25) is 0 Å². The van der Waals surface area contributed by atoms with Gasteiger partial charge in [-0.3, -0.25) is 0 Å². The molecule has 0 bridgehead atoms. The Kier molecular flexibility index (Phi) is 6.17. The fraction of sp³-hybridized carbons (Fsp3) is 0.182. The van der Waals surface area contributed by atoms with Gasteiger partial charge < -0.3 is 4.57 Å². The highest BCUT2D eigenvalue weighted by molar-refractivity contribution is 7.78. The van der Waals surface area contributed by atoms with Gasteiger partial charge >= 0.3 is 0 Å². The summed E-state index contributed by atoms with van der Waals surface area (Å²) >= 11 is 0. The summed E-state index contributed by atoms with van der Waals surface area (Å²) in [5.74, 6) is 0. The van der Waals surface area contributed by atoms with E-state index in [1.54, 1.807) is 0 Å². The number of aryl methyl sites for hydroxylation is 3. The van der Waals surface area contributed by atoms with Gasteiger partial charge in [-0.05, 0) is 27.4 Å². The van der Waals surface area contributed by atoms with Crippen molar-refractivity contribution < 1.29 is 4.57 Å². The van der Waals surface area contributed by atoms with Gasteiger partial charge in [0.25, 0.3) is 0 Å². The SMILES string of the molecule is CP(=O)(c1ccccc1)c1ccccc1.Cc1cc(C)cc(C)c1. The van der Waals surface area contributed by atoms with E-state index in [0.29, 0.717) is 0 Å². The normalized spacial score (nSPS) is 10.7. The molecular formula is C22H25OP. The summed E-state index contributed by atoms with van der Waals surface area (Å²) in [5, 5.41) is 1.83.